The molecule has 0 aromatic carbocycles. The molecule has 1 aromatic heterocycles. The van der Waals surface area contributed by atoms with Crippen LogP contribution in [0.15, 0.2) is 12.3 Å². The summed E-state index contributed by atoms with van der Waals surface area (Å²) in [6.07, 6.45) is 5.81. The first-order chi connectivity index (χ1) is 7.57. The molecular formula is C13H21N3. The van der Waals surface area contributed by atoms with E-state index in [4.69, 9.17) is 0 Å². The number of aromatic nitrogens is 2. The molecule has 3 nitrogen and oxygen atoms in total. The third-order valence-electron chi connectivity index (χ3n) is 2.99. The Balaban J connectivity index is 2.21. The third-order valence-corrected chi connectivity index (χ3v) is 2.99. The summed E-state index contributed by atoms with van der Waals surface area (Å²) in [4.78, 5) is 11.4. The minimum Gasteiger partial charge on any atom is -0.357 e. The van der Waals surface area contributed by atoms with E-state index in [1.807, 2.05) is 12.3 Å². The Kier molecular flexibility index (Phi) is 3.13. The molecule has 0 atom stereocenters. The van der Waals surface area contributed by atoms with E-state index in [0.29, 0.717) is 0 Å². The summed E-state index contributed by atoms with van der Waals surface area (Å²) in [5, 5.41) is 0. The Morgan fingerprint density at radius 2 is 1.81 bits per heavy atom. The van der Waals surface area contributed by atoms with Crippen LogP contribution >= 0.6 is 0 Å². The van der Waals surface area contributed by atoms with Gasteiger partial charge in [0, 0.05) is 24.7 Å². The van der Waals surface area contributed by atoms with Crippen molar-refractivity contribution >= 4 is 5.82 Å². The molecular weight excluding hydrogens is 198 g/mol. The second-order valence-electron chi connectivity index (χ2n) is 5.54. The van der Waals surface area contributed by atoms with Crippen LogP contribution in [0, 0.1) is 0 Å². The maximum absolute atomic E-state index is 4.68. The highest BCUT2D eigenvalue weighted by Gasteiger charge is 2.19. The van der Waals surface area contributed by atoms with Crippen molar-refractivity contribution in [3.8, 4) is 0 Å². The van der Waals surface area contributed by atoms with Crippen LogP contribution in [0.1, 0.15) is 45.9 Å². The van der Waals surface area contributed by atoms with Crippen LogP contribution in [0.2, 0.25) is 0 Å². The molecule has 16 heavy (non-hydrogen) atoms. The van der Waals surface area contributed by atoms with Gasteiger partial charge < -0.3 is 4.90 Å². The van der Waals surface area contributed by atoms with Crippen molar-refractivity contribution in [2.75, 3.05) is 18.0 Å². The molecule has 0 N–H and O–H groups in total. The monoisotopic (exact) mass is 219 g/mol. The molecule has 0 amide bonds. The van der Waals surface area contributed by atoms with Gasteiger partial charge in [-0.05, 0) is 25.3 Å². The minimum absolute atomic E-state index is 0.0335. The van der Waals surface area contributed by atoms with Gasteiger partial charge in [-0.1, -0.05) is 20.8 Å². The Morgan fingerprint density at radius 1 is 1.12 bits per heavy atom. The third kappa shape index (κ3) is 2.52. The van der Waals surface area contributed by atoms with E-state index in [1.165, 1.54) is 19.3 Å². The molecule has 88 valence electrons. The van der Waals surface area contributed by atoms with Gasteiger partial charge in [-0.15, -0.1) is 0 Å². The Bertz CT molecular complexity index is 348. The normalized spacial score (nSPS) is 17.6. The number of rotatable bonds is 1. The lowest BCUT2D eigenvalue weighted by Crippen LogP contribution is -2.31. The smallest absolute Gasteiger partial charge is 0.135 e. The van der Waals surface area contributed by atoms with E-state index in [9.17, 15) is 0 Å². The fourth-order valence-corrected chi connectivity index (χ4v) is 2.01. The van der Waals surface area contributed by atoms with Gasteiger partial charge in [-0.2, -0.15) is 0 Å². The molecule has 0 bridgehead atoms. The molecule has 0 unspecified atom stereocenters. The van der Waals surface area contributed by atoms with E-state index < -0.39 is 0 Å². The maximum atomic E-state index is 4.68. The van der Waals surface area contributed by atoms with Crippen molar-refractivity contribution in [1.82, 2.24) is 9.97 Å². The van der Waals surface area contributed by atoms with Gasteiger partial charge in [0.25, 0.3) is 0 Å². The molecule has 1 aliphatic heterocycles. The molecule has 0 aliphatic carbocycles. The van der Waals surface area contributed by atoms with E-state index >= 15 is 0 Å². The summed E-state index contributed by atoms with van der Waals surface area (Å²) in [7, 11) is 0. The summed E-state index contributed by atoms with van der Waals surface area (Å²) in [6.45, 7) is 8.74. The summed E-state index contributed by atoms with van der Waals surface area (Å²) in [6, 6.07) is 2.03. The summed E-state index contributed by atoms with van der Waals surface area (Å²) in [5.41, 5.74) is 0.0335. The van der Waals surface area contributed by atoms with E-state index in [1.54, 1.807) is 0 Å². The van der Waals surface area contributed by atoms with Crippen LogP contribution in [-0.4, -0.2) is 23.1 Å². The van der Waals surface area contributed by atoms with Gasteiger partial charge in [-0.25, -0.2) is 9.97 Å². The Hall–Kier alpha value is -1.12. The zero-order valence-electron chi connectivity index (χ0n) is 10.5. The van der Waals surface area contributed by atoms with Gasteiger partial charge in [0.05, 0.1) is 0 Å². The van der Waals surface area contributed by atoms with Gasteiger partial charge in [0.15, 0.2) is 0 Å². The Labute approximate surface area is 97.9 Å². The lowest BCUT2D eigenvalue weighted by atomic mass is 9.96. The number of hydrogen-bond donors (Lipinski definition) is 0. The zero-order chi connectivity index (χ0) is 11.6. The van der Waals surface area contributed by atoms with Crippen LogP contribution in [-0.2, 0) is 5.41 Å². The van der Waals surface area contributed by atoms with Crippen molar-refractivity contribution in [3.63, 3.8) is 0 Å². The predicted molar refractivity (Wildman–Crippen MR) is 66.8 cm³/mol. The second kappa shape index (κ2) is 4.40. The van der Waals surface area contributed by atoms with Crippen LogP contribution in [0.4, 0.5) is 5.82 Å². The fourth-order valence-electron chi connectivity index (χ4n) is 2.01. The molecule has 1 saturated heterocycles. The fraction of sp³-hybridized carbons (Fsp3) is 0.692. The van der Waals surface area contributed by atoms with E-state index in [2.05, 4.69) is 35.6 Å². The molecule has 1 fully saturated rings. The highest BCUT2D eigenvalue weighted by atomic mass is 15.2. The highest BCUT2D eigenvalue weighted by Crippen LogP contribution is 2.22. The maximum Gasteiger partial charge on any atom is 0.135 e. The molecule has 1 aliphatic rings. The first kappa shape index (κ1) is 11.4. The first-order valence-corrected chi connectivity index (χ1v) is 6.16. The van der Waals surface area contributed by atoms with Crippen molar-refractivity contribution in [3.05, 3.63) is 18.1 Å². The minimum atomic E-state index is 0.0335. The number of anilines is 1. The van der Waals surface area contributed by atoms with Gasteiger partial charge in [0.2, 0.25) is 0 Å². The molecule has 2 rings (SSSR count). The molecule has 3 heteroatoms. The van der Waals surface area contributed by atoms with Crippen molar-refractivity contribution in [1.29, 1.82) is 0 Å². The van der Waals surface area contributed by atoms with E-state index in [0.717, 1.165) is 24.7 Å². The molecule has 2 heterocycles. The van der Waals surface area contributed by atoms with Gasteiger partial charge >= 0.3 is 0 Å². The number of piperidine rings is 1. The highest BCUT2D eigenvalue weighted by molar-refractivity contribution is 5.38. The summed E-state index contributed by atoms with van der Waals surface area (Å²) >= 11 is 0. The van der Waals surface area contributed by atoms with Gasteiger partial charge in [0.1, 0.15) is 11.6 Å². The van der Waals surface area contributed by atoms with Crippen LogP contribution in [0.3, 0.4) is 0 Å². The SMILES string of the molecule is CC(C)(C)c1nccc(N2CCCCC2)n1. The standard InChI is InChI=1S/C13H21N3/c1-13(2,3)12-14-8-7-11(15-12)16-9-5-4-6-10-16/h7-8H,4-6,9-10H2,1-3H3. The summed E-state index contributed by atoms with van der Waals surface area (Å²) in [5.74, 6) is 2.04. The predicted octanol–water partition coefficient (Wildman–Crippen LogP) is 2.76. The van der Waals surface area contributed by atoms with Crippen LogP contribution in [0.25, 0.3) is 0 Å². The average Bonchev–Trinajstić information content (AvgIpc) is 2.29. The Morgan fingerprint density at radius 3 is 2.44 bits per heavy atom. The molecule has 0 saturated carbocycles. The largest absolute Gasteiger partial charge is 0.357 e. The molecule has 0 spiro atoms. The zero-order valence-corrected chi connectivity index (χ0v) is 10.5. The van der Waals surface area contributed by atoms with Crippen LogP contribution in [0.5, 0.6) is 0 Å². The lowest BCUT2D eigenvalue weighted by molar-refractivity contribution is 0.535. The first-order valence-electron chi connectivity index (χ1n) is 6.16. The second-order valence-corrected chi connectivity index (χ2v) is 5.54. The quantitative estimate of drug-likeness (QED) is 0.727. The van der Waals surface area contributed by atoms with E-state index in [-0.39, 0.29) is 5.41 Å². The molecule has 1 aromatic rings. The average molecular weight is 219 g/mol. The van der Waals surface area contributed by atoms with Crippen molar-refractivity contribution in [2.45, 2.75) is 45.4 Å². The lowest BCUT2D eigenvalue weighted by Gasteiger charge is -2.28. The van der Waals surface area contributed by atoms with Crippen LogP contribution < -0.4 is 4.90 Å². The number of hydrogen-bond acceptors (Lipinski definition) is 3. The number of nitrogens with zero attached hydrogens (tertiary/aromatic N) is 3. The van der Waals surface area contributed by atoms with Crippen molar-refractivity contribution < 1.29 is 0 Å². The van der Waals surface area contributed by atoms with Crippen molar-refractivity contribution in [2.24, 2.45) is 0 Å². The topological polar surface area (TPSA) is 29.0 Å². The molecule has 0 radical (unpaired) electrons. The summed E-state index contributed by atoms with van der Waals surface area (Å²) < 4.78 is 0. The van der Waals surface area contributed by atoms with Gasteiger partial charge in [-0.3, -0.25) is 0 Å².